The summed E-state index contributed by atoms with van der Waals surface area (Å²) in [5, 5.41) is 2.93. The van der Waals surface area contributed by atoms with Crippen LogP contribution < -0.4 is 15.8 Å². The zero-order valence-electron chi connectivity index (χ0n) is 11.4. The standard InChI is InChI=1S/C15H22N2O2/c1-11(10-16)5-4-8-17-15(18)14-9-12-6-2-3-7-13(12)19-14/h2-3,6-7,11,14H,4-5,8-10,16H2,1H3,(H,17,18). The molecule has 2 rings (SSSR count). The quantitative estimate of drug-likeness (QED) is 0.763. The molecule has 1 aliphatic rings. The van der Waals surface area contributed by atoms with Gasteiger partial charge in [-0.25, -0.2) is 0 Å². The summed E-state index contributed by atoms with van der Waals surface area (Å²) >= 11 is 0. The molecule has 3 N–H and O–H groups in total. The predicted octanol–water partition coefficient (Wildman–Crippen LogP) is 1.48. The molecule has 1 aromatic rings. The summed E-state index contributed by atoms with van der Waals surface area (Å²) in [5.74, 6) is 1.33. The van der Waals surface area contributed by atoms with Crippen LogP contribution in [0.25, 0.3) is 0 Å². The molecule has 0 fully saturated rings. The Balaban J connectivity index is 1.71. The zero-order chi connectivity index (χ0) is 13.7. The van der Waals surface area contributed by atoms with Crippen LogP contribution in [0.5, 0.6) is 5.75 Å². The van der Waals surface area contributed by atoms with Crippen molar-refractivity contribution >= 4 is 5.91 Å². The van der Waals surface area contributed by atoms with Crippen LogP contribution in [0, 0.1) is 5.92 Å². The molecule has 19 heavy (non-hydrogen) atoms. The lowest BCUT2D eigenvalue weighted by Crippen LogP contribution is -2.38. The molecule has 4 heteroatoms. The van der Waals surface area contributed by atoms with Crippen molar-refractivity contribution in [2.45, 2.75) is 32.3 Å². The second kappa shape index (κ2) is 6.57. The molecular weight excluding hydrogens is 240 g/mol. The van der Waals surface area contributed by atoms with Gasteiger partial charge in [0, 0.05) is 13.0 Å². The first-order valence-corrected chi connectivity index (χ1v) is 6.93. The Kier molecular flexibility index (Phi) is 4.80. The highest BCUT2D eigenvalue weighted by Gasteiger charge is 2.28. The first-order chi connectivity index (χ1) is 9.20. The molecule has 0 bridgehead atoms. The molecule has 2 unspecified atom stereocenters. The van der Waals surface area contributed by atoms with Crippen molar-refractivity contribution in [1.82, 2.24) is 5.32 Å². The highest BCUT2D eigenvalue weighted by Crippen LogP contribution is 2.28. The largest absolute Gasteiger partial charge is 0.480 e. The van der Waals surface area contributed by atoms with Gasteiger partial charge in [-0.3, -0.25) is 4.79 Å². The molecule has 0 spiro atoms. The number of nitrogens with two attached hydrogens (primary N) is 1. The van der Waals surface area contributed by atoms with Crippen molar-refractivity contribution in [1.29, 1.82) is 0 Å². The smallest absolute Gasteiger partial charge is 0.261 e. The van der Waals surface area contributed by atoms with E-state index in [4.69, 9.17) is 10.5 Å². The zero-order valence-corrected chi connectivity index (χ0v) is 11.4. The predicted molar refractivity (Wildman–Crippen MR) is 75.0 cm³/mol. The van der Waals surface area contributed by atoms with Crippen LogP contribution in [-0.2, 0) is 11.2 Å². The van der Waals surface area contributed by atoms with E-state index in [-0.39, 0.29) is 12.0 Å². The van der Waals surface area contributed by atoms with Crippen LogP contribution in [0.15, 0.2) is 24.3 Å². The number of hydrogen-bond donors (Lipinski definition) is 2. The molecule has 1 amide bonds. The van der Waals surface area contributed by atoms with Gasteiger partial charge in [-0.05, 0) is 36.9 Å². The third-order valence-corrected chi connectivity index (χ3v) is 3.51. The fourth-order valence-corrected chi connectivity index (χ4v) is 2.22. The fourth-order valence-electron chi connectivity index (χ4n) is 2.22. The fraction of sp³-hybridized carbons (Fsp3) is 0.533. The lowest BCUT2D eigenvalue weighted by Gasteiger charge is -2.12. The van der Waals surface area contributed by atoms with Gasteiger partial charge < -0.3 is 15.8 Å². The molecular formula is C15H22N2O2. The maximum Gasteiger partial charge on any atom is 0.261 e. The maximum atomic E-state index is 12.0. The van der Waals surface area contributed by atoms with E-state index in [0.29, 0.717) is 25.4 Å². The Bertz CT molecular complexity index is 409. The highest BCUT2D eigenvalue weighted by molar-refractivity contribution is 5.82. The molecule has 4 nitrogen and oxygen atoms in total. The minimum atomic E-state index is -0.371. The third-order valence-electron chi connectivity index (χ3n) is 3.51. The van der Waals surface area contributed by atoms with Crippen LogP contribution in [0.4, 0.5) is 0 Å². The molecule has 0 saturated carbocycles. The van der Waals surface area contributed by atoms with Crippen LogP contribution >= 0.6 is 0 Å². The number of benzene rings is 1. The maximum absolute atomic E-state index is 12.0. The lowest BCUT2D eigenvalue weighted by atomic mass is 10.1. The van der Waals surface area contributed by atoms with E-state index in [2.05, 4.69) is 12.2 Å². The summed E-state index contributed by atoms with van der Waals surface area (Å²) in [4.78, 5) is 12.0. The third kappa shape index (κ3) is 3.70. The number of amides is 1. The van der Waals surface area contributed by atoms with Crippen LogP contribution in [-0.4, -0.2) is 25.1 Å². The molecule has 0 aliphatic carbocycles. The van der Waals surface area contributed by atoms with Crippen LogP contribution in [0.2, 0.25) is 0 Å². The Morgan fingerprint density at radius 2 is 2.32 bits per heavy atom. The van der Waals surface area contributed by atoms with E-state index in [1.165, 1.54) is 0 Å². The Hall–Kier alpha value is -1.55. The van der Waals surface area contributed by atoms with Gasteiger partial charge >= 0.3 is 0 Å². The van der Waals surface area contributed by atoms with Crippen molar-refractivity contribution in [2.75, 3.05) is 13.1 Å². The summed E-state index contributed by atoms with van der Waals surface area (Å²) in [6.07, 6.45) is 2.30. The molecule has 104 valence electrons. The van der Waals surface area contributed by atoms with E-state index in [1.807, 2.05) is 24.3 Å². The normalized spacial score (nSPS) is 18.5. The average Bonchev–Trinajstić information content (AvgIpc) is 2.87. The number of nitrogens with one attached hydrogen (secondary N) is 1. The van der Waals surface area contributed by atoms with Gasteiger partial charge in [0.05, 0.1) is 0 Å². The average molecular weight is 262 g/mol. The molecule has 1 aliphatic heterocycles. The summed E-state index contributed by atoms with van der Waals surface area (Å²) in [6, 6.07) is 7.81. The number of ether oxygens (including phenoxy) is 1. The molecule has 0 radical (unpaired) electrons. The van der Waals surface area contributed by atoms with E-state index < -0.39 is 0 Å². The van der Waals surface area contributed by atoms with Crippen molar-refractivity contribution < 1.29 is 9.53 Å². The second-order valence-corrected chi connectivity index (χ2v) is 5.19. The molecule has 2 atom stereocenters. The van der Waals surface area contributed by atoms with Gasteiger partial charge in [-0.1, -0.05) is 25.1 Å². The Labute approximate surface area is 114 Å². The van der Waals surface area contributed by atoms with Crippen molar-refractivity contribution in [2.24, 2.45) is 11.7 Å². The van der Waals surface area contributed by atoms with Gasteiger partial charge in [0.25, 0.3) is 5.91 Å². The number of carbonyl (C=O) groups is 1. The Morgan fingerprint density at radius 3 is 3.05 bits per heavy atom. The van der Waals surface area contributed by atoms with Gasteiger partial charge in [0.1, 0.15) is 5.75 Å². The minimum Gasteiger partial charge on any atom is -0.480 e. The van der Waals surface area contributed by atoms with Gasteiger partial charge in [0.15, 0.2) is 6.10 Å². The first kappa shape index (κ1) is 13.9. The molecule has 0 aromatic heterocycles. The van der Waals surface area contributed by atoms with E-state index in [9.17, 15) is 4.79 Å². The van der Waals surface area contributed by atoms with Crippen LogP contribution in [0.3, 0.4) is 0 Å². The number of fused-ring (bicyclic) bond motifs is 1. The van der Waals surface area contributed by atoms with Crippen molar-refractivity contribution in [3.63, 3.8) is 0 Å². The summed E-state index contributed by atoms with van der Waals surface area (Å²) < 4.78 is 5.64. The van der Waals surface area contributed by atoms with E-state index in [0.717, 1.165) is 24.2 Å². The minimum absolute atomic E-state index is 0.0170. The first-order valence-electron chi connectivity index (χ1n) is 6.93. The van der Waals surface area contributed by atoms with E-state index in [1.54, 1.807) is 0 Å². The van der Waals surface area contributed by atoms with Gasteiger partial charge in [-0.2, -0.15) is 0 Å². The van der Waals surface area contributed by atoms with Crippen molar-refractivity contribution in [3.8, 4) is 5.75 Å². The summed E-state index contributed by atoms with van der Waals surface area (Å²) in [6.45, 7) is 3.52. The molecule has 0 saturated heterocycles. The monoisotopic (exact) mass is 262 g/mol. The number of rotatable bonds is 6. The number of hydrogen-bond acceptors (Lipinski definition) is 3. The van der Waals surface area contributed by atoms with Gasteiger partial charge in [0.2, 0.25) is 0 Å². The second-order valence-electron chi connectivity index (χ2n) is 5.19. The van der Waals surface area contributed by atoms with Gasteiger partial charge in [-0.15, -0.1) is 0 Å². The summed E-state index contributed by atoms with van der Waals surface area (Å²) in [7, 11) is 0. The van der Waals surface area contributed by atoms with Crippen LogP contribution in [0.1, 0.15) is 25.3 Å². The highest BCUT2D eigenvalue weighted by atomic mass is 16.5. The Morgan fingerprint density at radius 1 is 1.53 bits per heavy atom. The van der Waals surface area contributed by atoms with E-state index >= 15 is 0 Å². The van der Waals surface area contributed by atoms with Crippen molar-refractivity contribution in [3.05, 3.63) is 29.8 Å². The number of carbonyl (C=O) groups excluding carboxylic acids is 1. The molecule has 1 heterocycles. The number of para-hydroxylation sites is 1. The topological polar surface area (TPSA) is 64.3 Å². The summed E-state index contributed by atoms with van der Waals surface area (Å²) in [5.41, 5.74) is 6.67. The SMILES string of the molecule is CC(CN)CCCNC(=O)C1Cc2ccccc2O1. The molecule has 1 aromatic carbocycles. The lowest BCUT2D eigenvalue weighted by molar-refractivity contribution is -0.127.